The van der Waals surface area contributed by atoms with Crippen LogP contribution in [0.1, 0.15) is 33.6 Å². The van der Waals surface area contributed by atoms with Crippen molar-refractivity contribution < 1.29 is 9.53 Å². The van der Waals surface area contributed by atoms with Crippen LogP contribution in [0.25, 0.3) is 0 Å². The maximum atomic E-state index is 12.2. The van der Waals surface area contributed by atoms with Crippen LogP contribution in [0, 0.1) is 11.3 Å². The quantitative estimate of drug-likeness (QED) is 0.658. The van der Waals surface area contributed by atoms with E-state index in [4.69, 9.17) is 4.74 Å². The summed E-state index contributed by atoms with van der Waals surface area (Å²) in [6.07, 6.45) is 3.93. The van der Waals surface area contributed by atoms with Gasteiger partial charge < -0.3 is 10.1 Å². The normalized spacial score (nSPS) is 33.0. The molecule has 2 fully saturated rings. The maximum Gasteiger partial charge on any atom is 0.336 e. The summed E-state index contributed by atoms with van der Waals surface area (Å²) in [7, 11) is 0. The van der Waals surface area contributed by atoms with E-state index in [0.29, 0.717) is 0 Å². The van der Waals surface area contributed by atoms with Crippen LogP contribution in [0.5, 0.6) is 0 Å². The molecule has 0 bridgehead atoms. The van der Waals surface area contributed by atoms with Gasteiger partial charge in [0.2, 0.25) is 0 Å². The molecule has 106 valence electrons. The van der Waals surface area contributed by atoms with Crippen LogP contribution in [0.4, 0.5) is 5.69 Å². The Morgan fingerprint density at radius 1 is 1.25 bits per heavy atom. The Morgan fingerprint density at radius 2 is 1.95 bits per heavy atom. The first-order valence-electron chi connectivity index (χ1n) is 7.19. The van der Waals surface area contributed by atoms with Gasteiger partial charge >= 0.3 is 5.97 Å². The molecule has 2 atom stereocenters. The van der Waals surface area contributed by atoms with Crippen molar-refractivity contribution in [3.8, 4) is 0 Å². The van der Waals surface area contributed by atoms with Gasteiger partial charge in [0.1, 0.15) is 5.60 Å². The van der Waals surface area contributed by atoms with Crippen molar-refractivity contribution in [1.82, 2.24) is 0 Å². The van der Waals surface area contributed by atoms with E-state index in [1.165, 1.54) is 0 Å². The van der Waals surface area contributed by atoms with E-state index in [9.17, 15) is 4.79 Å². The van der Waals surface area contributed by atoms with Crippen molar-refractivity contribution in [2.45, 2.75) is 39.2 Å². The fraction of sp³-hybridized carbons (Fsp3) is 0.471. The number of anilines is 1. The zero-order valence-corrected chi connectivity index (χ0v) is 12.3. The summed E-state index contributed by atoms with van der Waals surface area (Å²) >= 11 is 0. The van der Waals surface area contributed by atoms with E-state index in [0.717, 1.165) is 24.1 Å². The van der Waals surface area contributed by atoms with Crippen LogP contribution in [-0.4, -0.2) is 11.6 Å². The van der Waals surface area contributed by atoms with Crippen LogP contribution in [0.2, 0.25) is 0 Å². The van der Waals surface area contributed by atoms with Crippen molar-refractivity contribution in [1.29, 1.82) is 0 Å². The third-order valence-electron chi connectivity index (χ3n) is 5.15. The summed E-state index contributed by atoms with van der Waals surface area (Å²) in [4.78, 5) is 12.2. The smallest absolute Gasteiger partial charge is 0.336 e. The van der Waals surface area contributed by atoms with Gasteiger partial charge in [-0.1, -0.05) is 32.0 Å². The molecule has 1 aliphatic carbocycles. The molecule has 0 amide bonds. The first-order chi connectivity index (χ1) is 9.44. The summed E-state index contributed by atoms with van der Waals surface area (Å²) in [6, 6.07) is 9.87. The molecule has 20 heavy (non-hydrogen) atoms. The fourth-order valence-electron chi connectivity index (χ4n) is 3.41. The highest BCUT2D eigenvalue weighted by atomic mass is 16.6. The van der Waals surface area contributed by atoms with Crippen LogP contribution in [0.3, 0.4) is 0 Å². The van der Waals surface area contributed by atoms with Crippen LogP contribution < -0.4 is 5.32 Å². The van der Waals surface area contributed by atoms with E-state index >= 15 is 0 Å². The molecule has 1 aliphatic heterocycles. The topological polar surface area (TPSA) is 38.3 Å². The number of nitrogens with one attached hydrogen (secondary N) is 1. The minimum Gasteiger partial charge on any atom is -0.455 e. The van der Waals surface area contributed by atoms with Gasteiger partial charge in [0.15, 0.2) is 0 Å². The molecule has 2 aliphatic rings. The monoisotopic (exact) mass is 271 g/mol. The number of hydrogen-bond acceptors (Lipinski definition) is 3. The Kier molecular flexibility index (Phi) is 2.89. The predicted octanol–water partition coefficient (Wildman–Crippen LogP) is 3.73. The molecule has 0 radical (unpaired) electrons. The molecular weight excluding hydrogens is 250 g/mol. The molecule has 1 saturated heterocycles. The highest BCUT2D eigenvalue weighted by Crippen LogP contribution is 2.57. The Balaban J connectivity index is 1.86. The molecule has 0 unspecified atom stereocenters. The summed E-state index contributed by atoms with van der Waals surface area (Å²) < 4.78 is 5.74. The molecule has 3 rings (SSSR count). The number of benzene rings is 1. The molecule has 1 saturated carbocycles. The molecule has 3 nitrogen and oxygen atoms in total. The molecule has 1 N–H and O–H groups in total. The zero-order valence-electron chi connectivity index (χ0n) is 12.3. The van der Waals surface area contributed by atoms with Crippen molar-refractivity contribution in [3.05, 3.63) is 42.1 Å². The average molecular weight is 271 g/mol. The number of carbonyl (C=O) groups excluding carboxylic acids is 1. The minimum atomic E-state index is -0.367. The number of hydrogen-bond donors (Lipinski definition) is 1. The summed E-state index contributed by atoms with van der Waals surface area (Å²) in [5.41, 5.74) is 1.44. The Morgan fingerprint density at radius 3 is 2.65 bits per heavy atom. The number of para-hydroxylation sites is 1. The third kappa shape index (κ3) is 1.84. The van der Waals surface area contributed by atoms with Crippen molar-refractivity contribution >= 4 is 11.7 Å². The maximum absolute atomic E-state index is 12.2. The van der Waals surface area contributed by atoms with Crippen LogP contribution >= 0.6 is 0 Å². The number of esters is 1. The van der Waals surface area contributed by atoms with Gasteiger partial charge in [0.25, 0.3) is 0 Å². The molecule has 3 heteroatoms. The number of carbonyl (C=O) groups is 1. The van der Waals surface area contributed by atoms with E-state index in [-0.39, 0.29) is 22.9 Å². The second-order valence-electron chi connectivity index (χ2n) is 6.58. The first kappa shape index (κ1) is 13.2. The van der Waals surface area contributed by atoms with Gasteiger partial charge in [-0.2, -0.15) is 0 Å². The minimum absolute atomic E-state index is 0.0374. The lowest BCUT2D eigenvalue weighted by atomic mass is 9.75. The van der Waals surface area contributed by atoms with Crippen LogP contribution in [-0.2, 0) is 9.53 Å². The summed E-state index contributed by atoms with van der Waals surface area (Å²) in [5.74, 6) is 0.0231. The van der Waals surface area contributed by atoms with E-state index in [1.54, 1.807) is 0 Å². The number of rotatable bonds is 2. The van der Waals surface area contributed by atoms with Crippen molar-refractivity contribution in [3.63, 3.8) is 0 Å². The van der Waals surface area contributed by atoms with Gasteiger partial charge in [-0.3, -0.25) is 0 Å². The van der Waals surface area contributed by atoms with E-state index in [1.807, 2.05) is 36.5 Å². The lowest BCUT2D eigenvalue weighted by Gasteiger charge is -2.36. The highest BCUT2D eigenvalue weighted by Gasteiger charge is 2.61. The summed E-state index contributed by atoms with van der Waals surface area (Å²) in [5, 5.41) is 3.21. The van der Waals surface area contributed by atoms with E-state index in [2.05, 4.69) is 26.1 Å². The predicted molar refractivity (Wildman–Crippen MR) is 79.1 cm³/mol. The summed E-state index contributed by atoms with van der Waals surface area (Å²) in [6.45, 7) is 6.45. The van der Waals surface area contributed by atoms with E-state index < -0.39 is 0 Å². The van der Waals surface area contributed by atoms with Gasteiger partial charge in [0.05, 0.1) is 5.57 Å². The SMILES string of the molecule is CC1(C)CC[C@@H]2/C(=C\Nc3ccccc3)C(=O)O[C@@]21C. The van der Waals surface area contributed by atoms with Gasteiger partial charge in [0, 0.05) is 23.2 Å². The van der Waals surface area contributed by atoms with Gasteiger partial charge in [-0.15, -0.1) is 0 Å². The standard InChI is InChI=1S/C17H21NO2/c1-16(2)10-9-14-13(15(19)20-17(14,16)3)11-18-12-7-5-4-6-8-12/h4-8,11,14,18H,9-10H2,1-3H3/b13-11+/t14-,17+/m1/s1. The molecule has 1 aromatic rings. The lowest BCUT2D eigenvalue weighted by molar-refractivity contribution is -0.154. The highest BCUT2D eigenvalue weighted by molar-refractivity contribution is 5.93. The molecule has 1 heterocycles. The van der Waals surface area contributed by atoms with Crippen molar-refractivity contribution in [2.75, 3.05) is 5.32 Å². The molecule has 0 aromatic heterocycles. The number of fused-ring (bicyclic) bond motifs is 1. The third-order valence-corrected chi connectivity index (χ3v) is 5.15. The Labute approximate surface area is 120 Å². The number of ether oxygens (including phenoxy) is 1. The van der Waals surface area contributed by atoms with Crippen LogP contribution in [0.15, 0.2) is 42.1 Å². The second-order valence-corrected chi connectivity index (χ2v) is 6.58. The lowest BCUT2D eigenvalue weighted by Crippen LogP contribution is -2.40. The Hall–Kier alpha value is -1.77. The molecule has 0 spiro atoms. The van der Waals surface area contributed by atoms with Crippen molar-refractivity contribution in [2.24, 2.45) is 11.3 Å². The molecular formula is C17H21NO2. The largest absolute Gasteiger partial charge is 0.455 e. The van der Waals surface area contributed by atoms with Gasteiger partial charge in [-0.25, -0.2) is 4.79 Å². The second kappa shape index (κ2) is 4.37. The fourth-order valence-corrected chi connectivity index (χ4v) is 3.41. The zero-order chi connectivity index (χ0) is 14.4. The van der Waals surface area contributed by atoms with Gasteiger partial charge in [-0.05, 0) is 31.9 Å². The Bertz CT molecular complexity index is 562. The average Bonchev–Trinajstić information content (AvgIpc) is 2.79. The molecule has 1 aromatic carbocycles. The first-order valence-corrected chi connectivity index (χ1v) is 7.19.